The van der Waals surface area contributed by atoms with Crippen LogP contribution >= 0.6 is 11.3 Å². The van der Waals surface area contributed by atoms with Crippen LogP contribution in [-0.2, 0) is 12.8 Å². The summed E-state index contributed by atoms with van der Waals surface area (Å²) in [5.74, 6) is 1.27. The van der Waals surface area contributed by atoms with Crippen molar-refractivity contribution in [2.24, 2.45) is 0 Å². The Morgan fingerprint density at radius 2 is 2.00 bits per heavy atom. The minimum absolute atomic E-state index is 0.0505. The number of thiophene rings is 1. The van der Waals surface area contributed by atoms with Gasteiger partial charge in [-0.1, -0.05) is 0 Å². The largest absolute Gasteiger partial charge is 0.497 e. The van der Waals surface area contributed by atoms with E-state index in [1.807, 2.05) is 24.3 Å². The first-order valence-electron chi connectivity index (χ1n) is 7.70. The maximum atomic E-state index is 12.5. The van der Waals surface area contributed by atoms with Gasteiger partial charge in [-0.3, -0.25) is 9.78 Å². The summed E-state index contributed by atoms with van der Waals surface area (Å²) in [6, 6.07) is 7.51. The van der Waals surface area contributed by atoms with Gasteiger partial charge in [-0.15, -0.1) is 11.3 Å². The van der Waals surface area contributed by atoms with Crippen molar-refractivity contribution in [2.75, 3.05) is 12.4 Å². The monoisotopic (exact) mass is 327 g/mol. The first kappa shape index (κ1) is 14.3. The summed E-state index contributed by atoms with van der Waals surface area (Å²) >= 11 is 1.65. The lowest BCUT2D eigenvalue weighted by Crippen LogP contribution is -2.12. The third kappa shape index (κ3) is 2.59. The van der Waals surface area contributed by atoms with E-state index in [1.165, 1.54) is 16.9 Å². The molecule has 0 atom stereocenters. The molecular formula is C17H17N3O2S. The molecule has 2 aromatic heterocycles. The molecular weight excluding hydrogens is 310 g/mol. The SMILES string of the molecule is COc1ccc(Nc2nc3sc4c(c3c(=O)[nH]2)CCCC4)cc1. The highest BCUT2D eigenvalue weighted by Gasteiger charge is 2.19. The zero-order valence-electron chi connectivity index (χ0n) is 12.8. The van der Waals surface area contributed by atoms with Gasteiger partial charge in [0, 0.05) is 10.6 Å². The summed E-state index contributed by atoms with van der Waals surface area (Å²) in [6.07, 6.45) is 4.42. The number of aryl methyl sites for hydroxylation is 2. The molecule has 1 aromatic carbocycles. The van der Waals surface area contributed by atoms with Gasteiger partial charge in [-0.25, -0.2) is 4.98 Å². The molecule has 5 nitrogen and oxygen atoms in total. The first-order chi connectivity index (χ1) is 11.2. The van der Waals surface area contributed by atoms with Crippen molar-refractivity contribution >= 4 is 33.2 Å². The Bertz CT molecular complexity index is 912. The number of hydrogen-bond acceptors (Lipinski definition) is 5. The van der Waals surface area contributed by atoms with E-state index in [4.69, 9.17) is 4.74 Å². The molecule has 0 unspecified atom stereocenters. The van der Waals surface area contributed by atoms with Crippen LogP contribution in [0, 0.1) is 0 Å². The smallest absolute Gasteiger partial charge is 0.261 e. The second-order valence-electron chi connectivity index (χ2n) is 5.66. The van der Waals surface area contributed by atoms with Crippen molar-refractivity contribution in [2.45, 2.75) is 25.7 Å². The molecule has 2 N–H and O–H groups in total. The van der Waals surface area contributed by atoms with Crippen molar-refractivity contribution < 1.29 is 4.74 Å². The number of nitrogens with zero attached hydrogens (tertiary/aromatic N) is 1. The highest BCUT2D eigenvalue weighted by Crippen LogP contribution is 2.34. The first-order valence-corrected chi connectivity index (χ1v) is 8.52. The molecule has 2 heterocycles. The zero-order valence-corrected chi connectivity index (χ0v) is 13.6. The number of aromatic nitrogens is 2. The van der Waals surface area contributed by atoms with Gasteiger partial charge in [0.25, 0.3) is 5.56 Å². The van der Waals surface area contributed by atoms with E-state index >= 15 is 0 Å². The van der Waals surface area contributed by atoms with Crippen LogP contribution in [0.5, 0.6) is 5.75 Å². The van der Waals surface area contributed by atoms with Crippen LogP contribution < -0.4 is 15.6 Å². The zero-order chi connectivity index (χ0) is 15.8. The summed E-state index contributed by atoms with van der Waals surface area (Å²) < 4.78 is 5.14. The number of aromatic amines is 1. The molecule has 3 aromatic rings. The lowest BCUT2D eigenvalue weighted by atomic mass is 9.97. The van der Waals surface area contributed by atoms with Gasteiger partial charge in [0.05, 0.1) is 12.5 Å². The van der Waals surface area contributed by atoms with Crippen LogP contribution in [0.15, 0.2) is 29.1 Å². The van der Waals surface area contributed by atoms with Gasteiger partial charge in [0.2, 0.25) is 5.95 Å². The molecule has 0 bridgehead atoms. The van der Waals surface area contributed by atoms with Crippen LogP contribution in [0.3, 0.4) is 0 Å². The number of fused-ring (bicyclic) bond motifs is 3. The van der Waals surface area contributed by atoms with Crippen molar-refractivity contribution in [3.8, 4) is 5.75 Å². The Morgan fingerprint density at radius 1 is 1.22 bits per heavy atom. The molecule has 0 saturated heterocycles. The van der Waals surface area contributed by atoms with Crippen LogP contribution in [0.2, 0.25) is 0 Å². The number of nitrogens with one attached hydrogen (secondary N) is 2. The van der Waals surface area contributed by atoms with Gasteiger partial charge in [-0.2, -0.15) is 0 Å². The molecule has 0 fully saturated rings. The molecule has 6 heteroatoms. The number of benzene rings is 1. The molecule has 0 amide bonds. The molecule has 0 spiro atoms. The maximum absolute atomic E-state index is 12.5. The fourth-order valence-corrected chi connectivity index (χ4v) is 4.30. The number of hydrogen-bond donors (Lipinski definition) is 2. The maximum Gasteiger partial charge on any atom is 0.261 e. The third-order valence-electron chi connectivity index (χ3n) is 4.18. The Morgan fingerprint density at radius 3 is 2.78 bits per heavy atom. The molecule has 4 rings (SSSR count). The highest BCUT2D eigenvalue weighted by molar-refractivity contribution is 7.18. The molecule has 0 radical (unpaired) electrons. The highest BCUT2D eigenvalue weighted by atomic mass is 32.1. The van der Waals surface area contributed by atoms with E-state index in [2.05, 4.69) is 15.3 Å². The van der Waals surface area contributed by atoms with Crippen molar-refractivity contribution in [1.82, 2.24) is 9.97 Å². The average Bonchev–Trinajstić information content (AvgIpc) is 2.94. The van der Waals surface area contributed by atoms with E-state index in [-0.39, 0.29) is 5.56 Å². The molecule has 1 aliphatic rings. The number of rotatable bonds is 3. The molecule has 1 aliphatic carbocycles. The van der Waals surface area contributed by atoms with E-state index < -0.39 is 0 Å². The summed E-state index contributed by atoms with van der Waals surface area (Å²) in [7, 11) is 1.63. The standard InChI is InChI=1S/C17H17N3O2S/c1-22-11-8-6-10(7-9-11)18-17-19-15(21)14-12-4-2-3-5-13(12)23-16(14)20-17/h6-9H,2-5H2,1H3,(H2,18,19,20,21). The van der Waals surface area contributed by atoms with Gasteiger partial charge in [0.15, 0.2) is 0 Å². The minimum Gasteiger partial charge on any atom is -0.497 e. The summed E-state index contributed by atoms with van der Waals surface area (Å²) in [5, 5.41) is 3.94. The van der Waals surface area contributed by atoms with E-state index in [9.17, 15) is 4.79 Å². The average molecular weight is 327 g/mol. The van der Waals surface area contributed by atoms with Crippen LogP contribution in [-0.4, -0.2) is 17.1 Å². The van der Waals surface area contributed by atoms with Gasteiger partial charge >= 0.3 is 0 Å². The molecule has 118 valence electrons. The number of ether oxygens (including phenoxy) is 1. The number of H-pyrrole nitrogens is 1. The molecule has 0 saturated carbocycles. The Labute approximate surface area is 137 Å². The van der Waals surface area contributed by atoms with E-state index in [0.717, 1.165) is 40.9 Å². The van der Waals surface area contributed by atoms with Gasteiger partial charge < -0.3 is 10.1 Å². The minimum atomic E-state index is -0.0505. The number of methoxy groups -OCH3 is 1. The Kier molecular flexibility index (Phi) is 3.53. The lowest BCUT2D eigenvalue weighted by Gasteiger charge is -2.09. The van der Waals surface area contributed by atoms with Crippen molar-refractivity contribution in [1.29, 1.82) is 0 Å². The van der Waals surface area contributed by atoms with E-state index in [0.29, 0.717) is 5.95 Å². The summed E-state index contributed by atoms with van der Waals surface area (Å²) in [5.41, 5.74) is 2.01. The molecule has 0 aliphatic heterocycles. The van der Waals surface area contributed by atoms with Crippen LogP contribution in [0.25, 0.3) is 10.2 Å². The van der Waals surface area contributed by atoms with Gasteiger partial charge in [-0.05, 0) is 55.5 Å². The lowest BCUT2D eigenvalue weighted by molar-refractivity contribution is 0.415. The Balaban J connectivity index is 1.72. The quantitative estimate of drug-likeness (QED) is 0.771. The van der Waals surface area contributed by atoms with Gasteiger partial charge in [0.1, 0.15) is 10.6 Å². The van der Waals surface area contributed by atoms with Crippen LogP contribution in [0.4, 0.5) is 11.6 Å². The third-order valence-corrected chi connectivity index (χ3v) is 5.36. The summed E-state index contributed by atoms with van der Waals surface area (Å²) in [4.78, 5) is 22.1. The van der Waals surface area contributed by atoms with Crippen LogP contribution in [0.1, 0.15) is 23.3 Å². The second kappa shape index (κ2) is 5.70. The predicted octanol–water partition coefficient (Wildman–Crippen LogP) is 3.62. The Hall–Kier alpha value is -2.34. The topological polar surface area (TPSA) is 67.0 Å². The normalized spacial score (nSPS) is 13.8. The van der Waals surface area contributed by atoms with Crippen molar-refractivity contribution in [3.63, 3.8) is 0 Å². The fourth-order valence-electron chi connectivity index (χ4n) is 3.03. The van der Waals surface area contributed by atoms with E-state index in [1.54, 1.807) is 18.4 Å². The number of anilines is 2. The van der Waals surface area contributed by atoms with Crippen molar-refractivity contribution in [3.05, 3.63) is 45.1 Å². The fraction of sp³-hybridized carbons (Fsp3) is 0.294. The summed E-state index contributed by atoms with van der Waals surface area (Å²) in [6.45, 7) is 0. The predicted molar refractivity (Wildman–Crippen MR) is 93.2 cm³/mol. The second-order valence-corrected chi connectivity index (χ2v) is 6.74. The molecule has 23 heavy (non-hydrogen) atoms.